The van der Waals surface area contributed by atoms with E-state index in [9.17, 15) is 9.59 Å². The van der Waals surface area contributed by atoms with Crippen molar-refractivity contribution in [2.45, 2.75) is 51.1 Å². The molecule has 0 unspecified atom stereocenters. The fraction of sp³-hybridized carbons (Fsp3) is 0.321. The molecule has 6 nitrogen and oxygen atoms in total. The third-order valence-corrected chi connectivity index (χ3v) is 6.17. The van der Waals surface area contributed by atoms with Gasteiger partial charge in [0.05, 0.1) is 5.56 Å². The Morgan fingerprint density at radius 3 is 2.29 bits per heavy atom. The molecule has 0 aliphatic heterocycles. The van der Waals surface area contributed by atoms with Crippen molar-refractivity contribution >= 4 is 11.8 Å². The summed E-state index contributed by atoms with van der Waals surface area (Å²) in [6.45, 7) is 2.03. The van der Waals surface area contributed by atoms with Crippen molar-refractivity contribution in [3.63, 3.8) is 0 Å². The Hall–Kier alpha value is -3.67. The Bertz CT molecular complexity index is 1070. The summed E-state index contributed by atoms with van der Waals surface area (Å²) < 4.78 is 5.69. The van der Waals surface area contributed by atoms with E-state index in [0.29, 0.717) is 29.5 Å². The monoisotopic (exact) mass is 457 g/mol. The van der Waals surface area contributed by atoms with E-state index in [1.54, 1.807) is 12.1 Å². The number of hydrogen-bond acceptors (Lipinski definition) is 4. The first-order chi connectivity index (χ1) is 16.6. The first-order valence-electron chi connectivity index (χ1n) is 11.9. The van der Waals surface area contributed by atoms with E-state index in [2.05, 4.69) is 15.6 Å². The average Bonchev–Trinajstić information content (AvgIpc) is 2.83. The van der Waals surface area contributed by atoms with Gasteiger partial charge in [-0.25, -0.2) is 4.98 Å². The van der Waals surface area contributed by atoms with Crippen LogP contribution in [0.15, 0.2) is 79.0 Å². The van der Waals surface area contributed by atoms with E-state index < -0.39 is 6.04 Å². The number of rotatable bonds is 10. The quantitative estimate of drug-likeness (QED) is 0.453. The number of para-hydroxylation sites is 1. The van der Waals surface area contributed by atoms with Crippen LogP contribution in [0.1, 0.15) is 48.5 Å². The van der Waals surface area contributed by atoms with Gasteiger partial charge in [0, 0.05) is 24.7 Å². The summed E-state index contributed by atoms with van der Waals surface area (Å²) in [5.41, 5.74) is 1.35. The number of carbonyl (C=O) groups excluding carboxylic acids is 2. The second-order valence-electron chi connectivity index (χ2n) is 8.96. The van der Waals surface area contributed by atoms with E-state index >= 15 is 0 Å². The molecular formula is C28H31N3O3. The van der Waals surface area contributed by atoms with Crippen molar-refractivity contribution in [3.8, 4) is 11.6 Å². The van der Waals surface area contributed by atoms with Gasteiger partial charge in [-0.15, -0.1) is 0 Å². The molecule has 1 heterocycles. The summed E-state index contributed by atoms with van der Waals surface area (Å²) in [6, 6.07) is 21.7. The lowest BCUT2D eigenvalue weighted by Gasteiger charge is -2.29. The fourth-order valence-electron chi connectivity index (χ4n) is 4.12. The molecule has 3 aromatic rings. The second kappa shape index (κ2) is 11.5. The van der Waals surface area contributed by atoms with Crippen LogP contribution in [0.4, 0.5) is 0 Å². The van der Waals surface area contributed by atoms with Crippen LogP contribution in [-0.4, -0.2) is 28.9 Å². The summed E-state index contributed by atoms with van der Waals surface area (Å²) in [4.78, 5) is 30.3. The van der Waals surface area contributed by atoms with Crippen LogP contribution in [0.5, 0.6) is 11.6 Å². The maximum Gasteiger partial charge on any atom is 0.253 e. The lowest BCUT2D eigenvalue weighted by atomic mass is 9.81. The molecule has 0 bridgehead atoms. The van der Waals surface area contributed by atoms with Gasteiger partial charge in [-0.3, -0.25) is 9.59 Å². The van der Waals surface area contributed by atoms with Gasteiger partial charge in [0.2, 0.25) is 11.8 Å². The molecular weight excluding hydrogens is 426 g/mol. The molecule has 2 amide bonds. The van der Waals surface area contributed by atoms with E-state index in [-0.39, 0.29) is 17.9 Å². The number of nitrogens with one attached hydrogen (secondary N) is 2. The molecule has 6 heteroatoms. The molecule has 0 saturated heterocycles. The molecule has 2 aromatic carbocycles. The Morgan fingerprint density at radius 1 is 0.971 bits per heavy atom. The summed E-state index contributed by atoms with van der Waals surface area (Å²) in [7, 11) is 0. The molecule has 4 rings (SSSR count). The van der Waals surface area contributed by atoms with E-state index in [4.69, 9.17) is 4.74 Å². The van der Waals surface area contributed by atoms with Crippen molar-refractivity contribution in [3.05, 3.63) is 90.1 Å². The van der Waals surface area contributed by atoms with Crippen LogP contribution in [0, 0.1) is 5.92 Å². The van der Waals surface area contributed by atoms with Crippen molar-refractivity contribution in [2.75, 3.05) is 0 Å². The van der Waals surface area contributed by atoms with Crippen molar-refractivity contribution in [1.29, 1.82) is 0 Å². The average molecular weight is 458 g/mol. The molecule has 1 aliphatic carbocycles. The number of hydrogen-bond donors (Lipinski definition) is 2. The minimum atomic E-state index is -0.681. The number of benzene rings is 2. The zero-order valence-electron chi connectivity index (χ0n) is 19.4. The molecule has 1 saturated carbocycles. The van der Waals surface area contributed by atoms with Crippen molar-refractivity contribution in [2.24, 2.45) is 5.92 Å². The van der Waals surface area contributed by atoms with Gasteiger partial charge in [-0.05, 0) is 43.0 Å². The first-order valence-corrected chi connectivity index (χ1v) is 11.9. The molecule has 1 aromatic heterocycles. The lowest BCUT2D eigenvalue weighted by Crippen LogP contribution is -2.50. The van der Waals surface area contributed by atoms with Crippen LogP contribution in [0.2, 0.25) is 0 Å². The molecule has 34 heavy (non-hydrogen) atoms. The standard InChI is InChI=1S/C28H31N3O3/c1-20(17-21-11-8-12-21)30-28(33)25(18-22-9-4-2-5-10-22)31-27(32)23-15-16-26(29-19-23)34-24-13-6-3-7-14-24/h2-7,9-10,13-16,19-21,25H,8,11-12,17-18H2,1H3,(H,30,33)(H,31,32)/t20-,25+/m1/s1. The van der Waals surface area contributed by atoms with Gasteiger partial charge in [-0.2, -0.15) is 0 Å². The van der Waals surface area contributed by atoms with E-state index in [0.717, 1.165) is 12.0 Å². The van der Waals surface area contributed by atoms with Crippen LogP contribution < -0.4 is 15.4 Å². The summed E-state index contributed by atoms with van der Waals surface area (Å²) in [5, 5.41) is 6.01. The molecule has 2 N–H and O–H groups in total. The Kier molecular flexibility index (Phi) is 7.91. The lowest BCUT2D eigenvalue weighted by molar-refractivity contribution is -0.123. The van der Waals surface area contributed by atoms with Gasteiger partial charge in [0.15, 0.2) is 0 Å². The highest BCUT2D eigenvalue weighted by Gasteiger charge is 2.26. The highest BCUT2D eigenvalue weighted by molar-refractivity contribution is 5.97. The largest absolute Gasteiger partial charge is 0.439 e. The molecule has 176 valence electrons. The molecule has 0 spiro atoms. The number of carbonyl (C=O) groups is 2. The Morgan fingerprint density at radius 2 is 1.68 bits per heavy atom. The van der Waals surface area contributed by atoms with Crippen LogP contribution in [0.25, 0.3) is 0 Å². The molecule has 0 radical (unpaired) electrons. The van der Waals surface area contributed by atoms with E-state index in [1.807, 2.05) is 67.6 Å². The molecule has 1 aliphatic rings. The Balaban J connectivity index is 1.40. The third-order valence-electron chi connectivity index (χ3n) is 6.17. The SMILES string of the molecule is C[C@H](CC1CCC1)NC(=O)[C@H](Cc1ccccc1)NC(=O)c1ccc(Oc2ccccc2)nc1. The highest BCUT2D eigenvalue weighted by atomic mass is 16.5. The molecule has 2 atom stereocenters. The number of nitrogens with zero attached hydrogens (tertiary/aromatic N) is 1. The van der Waals surface area contributed by atoms with Gasteiger partial charge in [-0.1, -0.05) is 67.8 Å². The predicted molar refractivity (Wildman–Crippen MR) is 132 cm³/mol. The Labute approximate surface area is 200 Å². The van der Waals surface area contributed by atoms with Crippen LogP contribution in [-0.2, 0) is 11.2 Å². The van der Waals surface area contributed by atoms with Crippen molar-refractivity contribution < 1.29 is 14.3 Å². The zero-order chi connectivity index (χ0) is 23.8. The maximum atomic E-state index is 13.1. The summed E-state index contributed by atoms with van der Waals surface area (Å²) in [5.74, 6) is 1.25. The van der Waals surface area contributed by atoms with Crippen LogP contribution >= 0.6 is 0 Å². The first kappa shape index (κ1) is 23.5. The smallest absolute Gasteiger partial charge is 0.253 e. The number of pyridine rings is 1. The summed E-state index contributed by atoms with van der Waals surface area (Å²) in [6.07, 6.45) is 6.61. The minimum absolute atomic E-state index is 0.0732. The number of amides is 2. The normalized spacial score (nSPS) is 15.0. The summed E-state index contributed by atoms with van der Waals surface area (Å²) >= 11 is 0. The molecule has 1 fully saturated rings. The number of ether oxygens (including phenoxy) is 1. The third kappa shape index (κ3) is 6.67. The topological polar surface area (TPSA) is 80.3 Å². The van der Waals surface area contributed by atoms with Gasteiger partial charge in [0.1, 0.15) is 11.8 Å². The van der Waals surface area contributed by atoms with Crippen LogP contribution in [0.3, 0.4) is 0 Å². The second-order valence-corrected chi connectivity index (χ2v) is 8.96. The zero-order valence-corrected chi connectivity index (χ0v) is 19.4. The van der Waals surface area contributed by atoms with Crippen molar-refractivity contribution in [1.82, 2.24) is 15.6 Å². The minimum Gasteiger partial charge on any atom is -0.439 e. The van der Waals surface area contributed by atoms with Gasteiger partial charge < -0.3 is 15.4 Å². The predicted octanol–water partition coefficient (Wildman–Crippen LogP) is 4.91. The van der Waals surface area contributed by atoms with E-state index in [1.165, 1.54) is 25.5 Å². The van der Waals surface area contributed by atoms with Gasteiger partial charge >= 0.3 is 0 Å². The fourth-order valence-corrected chi connectivity index (χ4v) is 4.12. The number of aromatic nitrogens is 1. The maximum absolute atomic E-state index is 13.1. The highest BCUT2D eigenvalue weighted by Crippen LogP contribution is 2.30. The van der Waals surface area contributed by atoms with Gasteiger partial charge in [0.25, 0.3) is 5.91 Å².